The van der Waals surface area contributed by atoms with Crippen LogP contribution in [0.4, 0.5) is 4.39 Å². The summed E-state index contributed by atoms with van der Waals surface area (Å²) >= 11 is 0. The molecule has 1 aromatic heterocycles. The fourth-order valence-corrected chi connectivity index (χ4v) is 5.47. The zero-order valence-corrected chi connectivity index (χ0v) is 24.6. The van der Waals surface area contributed by atoms with Crippen molar-refractivity contribution in [3.05, 3.63) is 76.9 Å². The van der Waals surface area contributed by atoms with E-state index in [2.05, 4.69) is 48.4 Å². The number of carbonyl (C=O) groups is 2. The van der Waals surface area contributed by atoms with Crippen LogP contribution in [0.15, 0.2) is 48.5 Å². The maximum absolute atomic E-state index is 13.6. The summed E-state index contributed by atoms with van der Waals surface area (Å²) in [4.78, 5) is 28.1. The number of carboxylic acids is 1. The van der Waals surface area contributed by atoms with Crippen molar-refractivity contribution >= 4 is 11.9 Å². The highest BCUT2D eigenvalue weighted by atomic mass is 19.1. The van der Waals surface area contributed by atoms with E-state index in [0.29, 0.717) is 51.3 Å². The molecular weight excluding hydrogens is 539 g/mol. The fourth-order valence-electron chi connectivity index (χ4n) is 5.47. The van der Waals surface area contributed by atoms with Gasteiger partial charge in [-0.05, 0) is 63.9 Å². The van der Waals surface area contributed by atoms with Crippen LogP contribution in [-0.2, 0) is 35.6 Å². The number of hydrogen-bond donors (Lipinski definition) is 1. The maximum Gasteiger partial charge on any atom is 0.222 e. The number of aliphatic carboxylic acids is 1. The van der Waals surface area contributed by atoms with Crippen molar-refractivity contribution in [1.82, 2.24) is 30.0 Å². The Kier molecular flexibility index (Phi) is 10.4. The lowest BCUT2D eigenvalue weighted by Gasteiger charge is -2.36. The van der Waals surface area contributed by atoms with Gasteiger partial charge in [-0.1, -0.05) is 57.2 Å². The molecule has 2 unspecified atom stereocenters. The van der Waals surface area contributed by atoms with Crippen LogP contribution in [0, 0.1) is 11.2 Å². The largest absolute Gasteiger partial charge is 0.550 e. The third-order valence-electron chi connectivity index (χ3n) is 7.49. The lowest BCUT2D eigenvalue weighted by atomic mass is 9.86. The van der Waals surface area contributed by atoms with Crippen LogP contribution in [0.2, 0.25) is 0 Å². The number of halogens is 1. The van der Waals surface area contributed by atoms with Crippen molar-refractivity contribution < 1.29 is 24.2 Å². The number of amides is 1. The smallest absolute Gasteiger partial charge is 0.222 e. The van der Waals surface area contributed by atoms with Crippen LogP contribution < -0.4 is 5.11 Å². The molecule has 10 nitrogen and oxygen atoms in total. The summed E-state index contributed by atoms with van der Waals surface area (Å²) in [6.45, 7) is 8.31. The number of rotatable bonds is 13. The van der Waals surface area contributed by atoms with E-state index in [1.807, 2.05) is 21.9 Å². The first-order valence-corrected chi connectivity index (χ1v) is 14.5. The molecule has 2 atom stereocenters. The van der Waals surface area contributed by atoms with Crippen LogP contribution in [0.1, 0.15) is 75.0 Å². The SMILES string of the molecule is CC(C)(C)CC(c1nnnn1CCCC(=O)N1CCc2ccccc2C1)N(Cc1ccc(F)cc1)CC(O)CC(=O)[O-]. The molecule has 0 bridgehead atoms. The zero-order chi connectivity index (χ0) is 30.3. The minimum atomic E-state index is -1.34. The average Bonchev–Trinajstić information content (AvgIpc) is 3.39. The monoisotopic (exact) mass is 579 g/mol. The van der Waals surface area contributed by atoms with Gasteiger partial charge >= 0.3 is 0 Å². The summed E-state index contributed by atoms with van der Waals surface area (Å²) in [5.74, 6) is -1.05. The first kappa shape index (κ1) is 31.2. The van der Waals surface area contributed by atoms with Gasteiger partial charge in [-0.25, -0.2) is 9.07 Å². The number of tetrazole rings is 1. The Morgan fingerprint density at radius 2 is 1.83 bits per heavy atom. The zero-order valence-electron chi connectivity index (χ0n) is 24.6. The molecule has 1 amide bonds. The highest BCUT2D eigenvalue weighted by molar-refractivity contribution is 5.76. The molecule has 1 N–H and O–H groups in total. The van der Waals surface area contributed by atoms with Crippen molar-refractivity contribution in [3.63, 3.8) is 0 Å². The Balaban J connectivity index is 1.50. The second-order valence-electron chi connectivity index (χ2n) is 12.3. The van der Waals surface area contributed by atoms with E-state index < -0.39 is 24.5 Å². The number of aliphatic hydroxyl groups is 1. The second kappa shape index (κ2) is 14.0. The van der Waals surface area contributed by atoms with Crippen LogP contribution in [0.3, 0.4) is 0 Å². The Morgan fingerprint density at radius 1 is 1.12 bits per heavy atom. The third kappa shape index (κ3) is 8.90. The number of fused-ring (bicyclic) bond motifs is 1. The molecule has 0 radical (unpaired) electrons. The van der Waals surface area contributed by atoms with Crippen molar-refractivity contribution in [1.29, 1.82) is 0 Å². The minimum absolute atomic E-state index is 0.0217. The Morgan fingerprint density at radius 3 is 2.52 bits per heavy atom. The summed E-state index contributed by atoms with van der Waals surface area (Å²) in [6, 6.07) is 13.9. The topological polar surface area (TPSA) is 128 Å². The molecule has 0 fully saturated rings. The van der Waals surface area contributed by atoms with Crippen LogP contribution in [0.25, 0.3) is 0 Å². The number of carboxylic acid groups (broad SMARTS) is 1. The van der Waals surface area contributed by atoms with Gasteiger partial charge in [0.05, 0.1) is 12.1 Å². The maximum atomic E-state index is 13.6. The summed E-state index contributed by atoms with van der Waals surface area (Å²) in [7, 11) is 0. The Hall–Kier alpha value is -3.70. The van der Waals surface area contributed by atoms with Gasteiger partial charge in [-0.15, -0.1) is 5.10 Å². The third-order valence-corrected chi connectivity index (χ3v) is 7.49. The average molecular weight is 580 g/mol. The molecular formula is C31H40FN6O4-. The van der Waals surface area contributed by atoms with Gasteiger partial charge in [0.15, 0.2) is 5.82 Å². The molecule has 42 heavy (non-hydrogen) atoms. The molecule has 2 heterocycles. The molecule has 2 aromatic carbocycles. The predicted molar refractivity (Wildman–Crippen MR) is 152 cm³/mol. The van der Waals surface area contributed by atoms with E-state index in [1.165, 1.54) is 23.3 Å². The van der Waals surface area contributed by atoms with Gasteiger partial charge in [0.1, 0.15) is 5.82 Å². The van der Waals surface area contributed by atoms with E-state index in [0.717, 1.165) is 12.0 Å². The van der Waals surface area contributed by atoms with E-state index in [1.54, 1.807) is 16.8 Å². The molecule has 226 valence electrons. The predicted octanol–water partition coefficient (Wildman–Crippen LogP) is 2.66. The first-order valence-electron chi connectivity index (χ1n) is 14.5. The molecule has 0 saturated carbocycles. The lowest BCUT2D eigenvalue weighted by molar-refractivity contribution is -0.307. The van der Waals surface area contributed by atoms with Gasteiger partial charge in [0.25, 0.3) is 0 Å². The van der Waals surface area contributed by atoms with Crippen molar-refractivity contribution in [2.24, 2.45) is 5.41 Å². The molecule has 1 aliphatic heterocycles. The summed E-state index contributed by atoms with van der Waals surface area (Å²) in [5, 5.41) is 34.3. The van der Waals surface area contributed by atoms with Gasteiger partial charge in [-0.2, -0.15) is 0 Å². The molecule has 0 spiro atoms. The molecule has 1 aliphatic rings. The number of hydrogen-bond acceptors (Lipinski definition) is 8. The van der Waals surface area contributed by atoms with Crippen LogP contribution in [0.5, 0.6) is 0 Å². The van der Waals surface area contributed by atoms with Gasteiger partial charge in [0.2, 0.25) is 5.91 Å². The molecule has 11 heteroatoms. The number of benzene rings is 2. The molecule has 3 aromatic rings. The summed E-state index contributed by atoms with van der Waals surface area (Å²) in [5.41, 5.74) is 3.10. The van der Waals surface area contributed by atoms with E-state index in [4.69, 9.17) is 0 Å². The number of aliphatic hydroxyl groups excluding tert-OH is 1. The van der Waals surface area contributed by atoms with Gasteiger partial charge < -0.3 is 19.9 Å². The fraction of sp³-hybridized carbons (Fsp3) is 0.516. The molecule has 0 aliphatic carbocycles. The van der Waals surface area contributed by atoms with Crippen LogP contribution >= 0.6 is 0 Å². The standard InChI is InChI=1S/C31H41FN6O4/c1-31(2,3)18-27(37(21-26(39)17-29(41)42)19-22-10-12-25(32)13-11-22)30-33-34-35-38(30)15-6-9-28(40)36-16-14-23-7-4-5-8-24(23)20-36/h4-5,7-8,10-13,26-27,39H,6,9,14-21H2,1-3H3,(H,41,42)/p-1. The van der Waals surface area contributed by atoms with Crippen molar-refractivity contribution in [2.75, 3.05) is 13.1 Å². The Labute approximate surface area is 246 Å². The molecule has 0 saturated heterocycles. The summed E-state index contributed by atoms with van der Waals surface area (Å²) in [6.07, 6.45) is 0.641. The lowest BCUT2D eigenvalue weighted by Crippen LogP contribution is -2.40. The summed E-state index contributed by atoms with van der Waals surface area (Å²) < 4.78 is 15.3. The second-order valence-corrected chi connectivity index (χ2v) is 12.3. The van der Waals surface area contributed by atoms with Crippen LogP contribution in [-0.4, -0.2) is 66.2 Å². The van der Waals surface area contributed by atoms with E-state index in [-0.39, 0.29) is 23.7 Å². The number of nitrogens with zero attached hydrogens (tertiary/aromatic N) is 6. The van der Waals surface area contributed by atoms with E-state index in [9.17, 15) is 24.2 Å². The highest BCUT2D eigenvalue weighted by Crippen LogP contribution is 2.34. The van der Waals surface area contributed by atoms with Gasteiger partial charge in [-0.3, -0.25) is 9.69 Å². The number of aromatic nitrogens is 4. The van der Waals surface area contributed by atoms with Crippen molar-refractivity contribution in [2.45, 2.75) is 84.7 Å². The minimum Gasteiger partial charge on any atom is -0.550 e. The highest BCUT2D eigenvalue weighted by Gasteiger charge is 2.32. The van der Waals surface area contributed by atoms with Crippen molar-refractivity contribution in [3.8, 4) is 0 Å². The normalized spacial score (nSPS) is 15.0. The number of aryl methyl sites for hydroxylation is 1. The molecule has 4 rings (SSSR count). The Bertz CT molecular complexity index is 1340. The number of carbonyl (C=O) groups excluding carboxylic acids is 2. The van der Waals surface area contributed by atoms with Gasteiger partial charge in [0, 0.05) is 51.5 Å². The first-order chi connectivity index (χ1) is 20.0. The quantitative estimate of drug-likeness (QED) is 0.328. The van der Waals surface area contributed by atoms with E-state index >= 15 is 0 Å².